The zero-order chi connectivity index (χ0) is 14.9. The first-order chi connectivity index (χ1) is 9.39. The van der Waals surface area contributed by atoms with Crippen LogP contribution in [0, 0.1) is 0 Å². The van der Waals surface area contributed by atoms with Crippen LogP contribution in [0.4, 0.5) is 4.79 Å². The molecule has 2 aliphatic rings. The van der Waals surface area contributed by atoms with Gasteiger partial charge in [0.05, 0.1) is 0 Å². The van der Waals surface area contributed by atoms with Gasteiger partial charge in [0.2, 0.25) is 0 Å². The van der Waals surface area contributed by atoms with Crippen LogP contribution in [0.5, 0.6) is 0 Å². The number of urea groups is 1. The third kappa shape index (κ3) is 2.67. The minimum atomic E-state index is -0.685. The average molecular weight is 282 g/mol. The van der Waals surface area contributed by atoms with Crippen molar-refractivity contribution in [3.63, 3.8) is 0 Å². The zero-order valence-corrected chi connectivity index (χ0v) is 12.7. The second-order valence-electron chi connectivity index (χ2n) is 6.23. The first-order valence-electron chi connectivity index (χ1n) is 7.53. The summed E-state index contributed by atoms with van der Waals surface area (Å²) >= 11 is 0. The lowest BCUT2D eigenvalue weighted by atomic mass is 9.87. The molecule has 2 saturated heterocycles. The molecule has 1 atom stereocenters. The number of piperidine rings is 1. The number of nitrogens with two attached hydrogens (primary N) is 1. The van der Waals surface area contributed by atoms with Crippen LogP contribution < -0.4 is 11.1 Å². The molecule has 0 aliphatic carbocycles. The van der Waals surface area contributed by atoms with Crippen molar-refractivity contribution in [3.8, 4) is 0 Å². The molecule has 3 amide bonds. The Labute approximate surface area is 120 Å². The molecule has 6 nitrogen and oxygen atoms in total. The SMILES string of the molecule is CCC(N)CN1C(=O)NC2(CCN(C(C)C)CC2)C1=O. The maximum atomic E-state index is 12.6. The smallest absolute Gasteiger partial charge is 0.325 e. The molecule has 1 unspecified atom stereocenters. The minimum absolute atomic E-state index is 0.0881. The standard InChI is InChI=1S/C14H26N4O2/c1-4-11(15)9-18-12(19)14(16-13(18)20)5-7-17(8-6-14)10(2)3/h10-11H,4-9,15H2,1-3H3,(H,16,20). The van der Waals surface area contributed by atoms with E-state index in [4.69, 9.17) is 5.73 Å². The minimum Gasteiger partial charge on any atom is -0.326 e. The van der Waals surface area contributed by atoms with Crippen LogP contribution in [0.1, 0.15) is 40.0 Å². The number of nitrogens with zero attached hydrogens (tertiary/aromatic N) is 2. The van der Waals surface area contributed by atoms with Crippen molar-refractivity contribution in [1.29, 1.82) is 0 Å². The summed E-state index contributed by atoms with van der Waals surface area (Å²) in [5.74, 6) is -0.0881. The van der Waals surface area contributed by atoms with Crippen LogP contribution in [0.2, 0.25) is 0 Å². The predicted octanol–water partition coefficient (Wildman–Crippen LogP) is 0.519. The van der Waals surface area contributed by atoms with Gasteiger partial charge in [-0.3, -0.25) is 9.69 Å². The predicted molar refractivity (Wildman–Crippen MR) is 77.2 cm³/mol. The van der Waals surface area contributed by atoms with Crippen LogP contribution in [-0.4, -0.2) is 59.0 Å². The Hall–Kier alpha value is -1.14. The lowest BCUT2D eigenvalue weighted by molar-refractivity contribution is -0.133. The van der Waals surface area contributed by atoms with Gasteiger partial charge in [-0.2, -0.15) is 0 Å². The number of hydrogen-bond donors (Lipinski definition) is 2. The Morgan fingerprint density at radius 2 is 1.90 bits per heavy atom. The Balaban J connectivity index is 2.05. The summed E-state index contributed by atoms with van der Waals surface area (Å²) in [4.78, 5) is 28.3. The molecule has 0 radical (unpaired) electrons. The molecule has 2 heterocycles. The van der Waals surface area contributed by atoms with Crippen LogP contribution in [0.3, 0.4) is 0 Å². The summed E-state index contributed by atoms with van der Waals surface area (Å²) in [7, 11) is 0. The number of carbonyl (C=O) groups excluding carboxylic acids is 2. The summed E-state index contributed by atoms with van der Waals surface area (Å²) < 4.78 is 0. The van der Waals surface area contributed by atoms with Crippen molar-refractivity contribution in [2.45, 2.75) is 57.7 Å². The fourth-order valence-corrected chi connectivity index (χ4v) is 2.97. The van der Waals surface area contributed by atoms with Gasteiger partial charge in [-0.05, 0) is 33.1 Å². The summed E-state index contributed by atoms with van der Waals surface area (Å²) in [6, 6.07) is 0.0525. The molecule has 20 heavy (non-hydrogen) atoms. The van der Waals surface area contributed by atoms with E-state index in [2.05, 4.69) is 24.1 Å². The molecule has 0 aromatic heterocycles. The van der Waals surface area contributed by atoms with E-state index in [1.165, 1.54) is 4.90 Å². The van der Waals surface area contributed by atoms with Crippen LogP contribution in [0.25, 0.3) is 0 Å². The van der Waals surface area contributed by atoms with E-state index < -0.39 is 5.54 Å². The van der Waals surface area contributed by atoms with Crippen molar-refractivity contribution in [3.05, 3.63) is 0 Å². The monoisotopic (exact) mass is 282 g/mol. The summed E-state index contributed by atoms with van der Waals surface area (Å²) in [5, 5.41) is 2.91. The number of carbonyl (C=O) groups is 2. The molecular weight excluding hydrogens is 256 g/mol. The molecule has 0 bridgehead atoms. The molecule has 0 aromatic carbocycles. The number of amides is 3. The quantitative estimate of drug-likeness (QED) is 0.737. The van der Waals surface area contributed by atoms with Gasteiger partial charge in [-0.25, -0.2) is 4.79 Å². The summed E-state index contributed by atoms with van der Waals surface area (Å²) in [6.45, 7) is 8.27. The van der Waals surface area contributed by atoms with Crippen LogP contribution >= 0.6 is 0 Å². The maximum Gasteiger partial charge on any atom is 0.325 e. The molecule has 3 N–H and O–H groups in total. The van der Waals surface area contributed by atoms with Crippen molar-refractivity contribution in [2.24, 2.45) is 5.73 Å². The molecule has 2 aliphatic heterocycles. The molecule has 0 aromatic rings. The third-order valence-electron chi connectivity index (χ3n) is 4.57. The number of imide groups is 1. The van der Waals surface area contributed by atoms with E-state index >= 15 is 0 Å². The lowest BCUT2D eigenvalue weighted by Gasteiger charge is -2.39. The third-order valence-corrected chi connectivity index (χ3v) is 4.57. The van der Waals surface area contributed by atoms with E-state index in [-0.39, 0.29) is 18.0 Å². The molecular formula is C14H26N4O2. The molecule has 0 saturated carbocycles. The largest absolute Gasteiger partial charge is 0.326 e. The molecule has 2 rings (SSSR count). The van der Waals surface area contributed by atoms with Crippen molar-refractivity contribution in [2.75, 3.05) is 19.6 Å². The maximum absolute atomic E-state index is 12.6. The second kappa shape index (κ2) is 5.69. The Bertz CT molecular complexity index is 389. The number of hydrogen-bond acceptors (Lipinski definition) is 4. The molecule has 6 heteroatoms. The average Bonchev–Trinajstić information content (AvgIpc) is 2.64. The van der Waals surface area contributed by atoms with Crippen LogP contribution in [0.15, 0.2) is 0 Å². The van der Waals surface area contributed by atoms with Crippen molar-refractivity contribution < 1.29 is 9.59 Å². The lowest BCUT2D eigenvalue weighted by Crippen LogP contribution is -2.56. The van der Waals surface area contributed by atoms with Gasteiger partial charge in [0.1, 0.15) is 5.54 Å². The summed E-state index contributed by atoms with van der Waals surface area (Å²) in [6.07, 6.45) is 2.13. The van der Waals surface area contributed by atoms with Gasteiger partial charge in [0, 0.05) is 31.7 Å². The van der Waals surface area contributed by atoms with Gasteiger partial charge in [-0.1, -0.05) is 6.92 Å². The van der Waals surface area contributed by atoms with Crippen molar-refractivity contribution in [1.82, 2.24) is 15.1 Å². The molecule has 2 fully saturated rings. The summed E-state index contributed by atoms with van der Waals surface area (Å²) in [5.41, 5.74) is 5.19. The Kier molecular flexibility index (Phi) is 4.34. The highest BCUT2D eigenvalue weighted by Crippen LogP contribution is 2.30. The first kappa shape index (κ1) is 15.3. The van der Waals surface area contributed by atoms with E-state index in [1.807, 2.05) is 6.92 Å². The fraction of sp³-hybridized carbons (Fsp3) is 0.857. The highest BCUT2D eigenvalue weighted by Gasteiger charge is 2.52. The highest BCUT2D eigenvalue weighted by molar-refractivity contribution is 6.07. The number of nitrogens with one attached hydrogen (secondary N) is 1. The van der Waals surface area contributed by atoms with Gasteiger partial charge < -0.3 is 16.0 Å². The highest BCUT2D eigenvalue weighted by atomic mass is 16.2. The number of rotatable bonds is 4. The van der Waals surface area contributed by atoms with E-state index in [0.29, 0.717) is 25.4 Å². The van der Waals surface area contributed by atoms with Gasteiger partial charge in [0.15, 0.2) is 0 Å². The second-order valence-corrected chi connectivity index (χ2v) is 6.23. The fourth-order valence-electron chi connectivity index (χ4n) is 2.97. The molecule has 1 spiro atoms. The normalized spacial score (nSPS) is 24.6. The number of likely N-dealkylation sites (tertiary alicyclic amines) is 1. The zero-order valence-electron chi connectivity index (χ0n) is 12.7. The Morgan fingerprint density at radius 3 is 2.40 bits per heavy atom. The van der Waals surface area contributed by atoms with E-state index in [0.717, 1.165) is 19.5 Å². The van der Waals surface area contributed by atoms with Gasteiger partial charge in [0.25, 0.3) is 5.91 Å². The van der Waals surface area contributed by atoms with Crippen molar-refractivity contribution >= 4 is 11.9 Å². The van der Waals surface area contributed by atoms with Crippen LogP contribution in [-0.2, 0) is 4.79 Å². The first-order valence-corrected chi connectivity index (χ1v) is 7.53. The molecule has 114 valence electrons. The topological polar surface area (TPSA) is 78.7 Å². The van der Waals surface area contributed by atoms with E-state index in [9.17, 15) is 9.59 Å². The van der Waals surface area contributed by atoms with Gasteiger partial charge >= 0.3 is 6.03 Å². The van der Waals surface area contributed by atoms with E-state index in [1.54, 1.807) is 0 Å². The Morgan fingerprint density at radius 1 is 1.30 bits per heavy atom. The van der Waals surface area contributed by atoms with Gasteiger partial charge in [-0.15, -0.1) is 0 Å².